The number of likely N-dealkylation sites (N-methyl/N-ethyl adjacent to an activating group) is 1. The van der Waals surface area contributed by atoms with Crippen LogP contribution in [0.4, 0.5) is 5.69 Å². The Balaban J connectivity index is 2.48. The molecule has 0 aromatic heterocycles. The standard InChI is InChI=1S/C11H17N3O/c1-3-14(12)8-11(15)13-10-6-4-9(2)5-7-10/h4-7H,3,8,12H2,1-2H3,(H,13,15). The zero-order chi connectivity index (χ0) is 11.3. The average Bonchev–Trinajstić information content (AvgIpc) is 2.21. The highest BCUT2D eigenvalue weighted by atomic mass is 16.2. The number of benzene rings is 1. The molecule has 1 aromatic carbocycles. The fourth-order valence-electron chi connectivity index (χ4n) is 1.13. The third kappa shape index (κ3) is 4.10. The maximum absolute atomic E-state index is 11.4. The minimum atomic E-state index is -0.0943. The van der Waals surface area contributed by atoms with E-state index in [0.29, 0.717) is 6.54 Å². The Morgan fingerprint density at radius 1 is 1.40 bits per heavy atom. The van der Waals surface area contributed by atoms with Crippen LogP contribution in [0.3, 0.4) is 0 Å². The van der Waals surface area contributed by atoms with E-state index in [-0.39, 0.29) is 12.5 Å². The van der Waals surface area contributed by atoms with Crippen LogP contribution in [0.5, 0.6) is 0 Å². The van der Waals surface area contributed by atoms with Gasteiger partial charge in [-0.1, -0.05) is 24.6 Å². The van der Waals surface area contributed by atoms with E-state index in [9.17, 15) is 4.79 Å². The molecule has 0 unspecified atom stereocenters. The zero-order valence-corrected chi connectivity index (χ0v) is 9.16. The Morgan fingerprint density at radius 3 is 2.53 bits per heavy atom. The molecular formula is C11H17N3O. The summed E-state index contributed by atoms with van der Waals surface area (Å²) in [5.74, 6) is 5.43. The van der Waals surface area contributed by atoms with Gasteiger partial charge in [0.1, 0.15) is 0 Å². The van der Waals surface area contributed by atoms with Crippen LogP contribution in [-0.4, -0.2) is 24.0 Å². The predicted molar refractivity (Wildman–Crippen MR) is 61.2 cm³/mol. The first kappa shape index (κ1) is 11.7. The molecule has 0 saturated carbocycles. The second-order valence-electron chi connectivity index (χ2n) is 3.48. The summed E-state index contributed by atoms with van der Waals surface area (Å²) in [6, 6.07) is 7.66. The van der Waals surface area contributed by atoms with Crippen molar-refractivity contribution in [1.29, 1.82) is 0 Å². The van der Waals surface area contributed by atoms with Crippen molar-refractivity contribution >= 4 is 11.6 Å². The molecule has 15 heavy (non-hydrogen) atoms. The molecule has 1 rings (SSSR count). The van der Waals surface area contributed by atoms with Gasteiger partial charge in [-0.2, -0.15) is 0 Å². The molecule has 0 radical (unpaired) electrons. The van der Waals surface area contributed by atoms with Gasteiger partial charge in [-0.25, -0.2) is 5.01 Å². The Kier molecular flexibility index (Phi) is 4.27. The van der Waals surface area contributed by atoms with Crippen molar-refractivity contribution in [3.05, 3.63) is 29.8 Å². The Bertz CT molecular complexity index is 321. The maximum Gasteiger partial charge on any atom is 0.240 e. The van der Waals surface area contributed by atoms with Crippen LogP contribution in [0.2, 0.25) is 0 Å². The Morgan fingerprint density at radius 2 is 2.00 bits per heavy atom. The minimum Gasteiger partial charge on any atom is -0.325 e. The molecule has 1 amide bonds. The van der Waals surface area contributed by atoms with Crippen LogP contribution in [0.25, 0.3) is 0 Å². The molecule has 3 N–H and O–H groups in total. The number of nitrogens with one attached hydrogen (secondary N) is 1. The lowest BCUT2D eigenvalue weighted by Gasteiger charge is -2.13. The van der Waals surface area contributed by atoms with E-state index in [1.165, 1.54) is 10.6 Å². The number of aryl methyl sites for hydroxylation is 1. The Labute approximate surface area is 90.0 Å². The molecule has 0 aliphatic carbocycles. The molecule has 0 heterocycles. The summed E-state index contributed by atoms with van der Waals surface area (Å²) in [7, 11) is 0. The van der Waals surface area contributed by atoms with Crippen molar-refractivity contribution in [1.82, 2.24) is 5.01 Å². The normalized spacial score (nSPS) is 10.4. The van der Waals surface area contributed by atoms with Gasteiger partial charge >= 0.3 is 0 Å². The smallest absolute Gasteiger partial charge is 0.240 e. The SMILES string of the molecule is CCN(N)CC(=O)Nc1ccc(C)cc1. The van der Waals surface area contributed by atoms with Gasteiger partial charge < -0.3 is 5.32 Å². The fourth-order valence-corrected chi connectivity index (χ4v) is 1.13. The molecule has 0 fully saturated rings. The van der Waals surface area contributed by atoms with Crippen LogP contribution in [0.1, 0.15) is 12.5 Å². The second-order valence-corrected chi connectivity index (χ2v) is 3.48. The molecule has 0 aliphatic heterocycles. The highest BCUT2D eigenvalue weighted by Gasteiger charge is 2.04. The topological polar surface area (TPSA) is 58.4 Å². The van der Waals surface area contributed by atoms with E-state index in [0.717, 1.165) is 5.69 Å². The van der Waals surface area contributed by atoms with E-state index in [4.69, 9.17) is 5.84 Å². The van der Waals surface area contributed by atoms with Crippen molar-refractivity contribution in [3.63, 3.8) is 0 Å². The number of nitrogens with zero attached hydrogens (tertiary/aromatic N) is 1. The van der Waals surface area contributed by atoms with Gasteiger partial charge in [0.2, 0.25) is 5.91 Å². The number of amides is 1. The zero-order valence-electron chi connectivity index (χ0n) is 9.16. The largest absolute Gasteiger partial charge is 0.325 e. The molecule has 4 nitrogen and oxygen atoms in total. The quantitative estimate of drug-likeness (QED) is 0.574. The van der Waals surface area contributed by atoms with Gasteiger partial charge in [-0.15, -0.1) is 0 Å². The van der Waals surface area contributed by atoms with Gasteiger partial charge in [0.15, 0.2) is 0 Å². The lowest BCUT2D eigenvalue weighted by molar-refractivity contribution is -0.117. The Hall–Kier alpha value is -1.39. The van der Waals surface area contributed by atoms with E-state index < -0.39 is 0 Å². The van der Waals surface area contributed by atoms with Crippen LogP contribution in [0.15, 0.2) is 24.3 Å². The molecule has 4 heteroatoms. The van der Waals surface area contributed by atoms with Crippen molar-refractivity contribution < 1.29 is 4.79 Å². The molecule has 0 spiro atoms. The third-order valence-electron chi connectivity index (χ3n) is 2.09. The highest BCUT2D eigenvalue weighted by Crippen LogP contribution is 2.08. The molecule has 0 atom stereocenters. The van der Waals surface area contributed by atoms with E-state index in [2.05, 4.69) is 5.32 Å². The summed E-state index contributed by atoms with van der Waals surface area (Å²) < 4.78 is 0. The van der Waals surface area contributed by atoms with E-state index in [1.807, 2.05) is 38.1 Å². The van der Waals surface area contributed by atoms with Gasteiger partial charge in [-0.3, -0.25) is 10.6 Å². The first-order chi connectivity index (χ1) is 7.11. The first-order valence-electron chi connectivity index (χ1n) is 4.98. The summed E-state index contributed by atoms with van der Waals surface area (Å²) in [5, 5.41) is 4.24. The number of rotatable bonds is 4. The third-order valence-corrected chi connectivity index (χ3v) is 2.09. The summed E-state index contributed by atoms with van der Waals surface area (Å²) >= 11 is 0. The molecule has 0 saturated heterocycles. The lowest BCUT2D eigenvalue weighted by atomic mass is 10.2. The molecule has 1 aromatic rings. The van der Waals surface area contributed by atoms with Crippen LogP contribution < -0.4 is 11.2 Å². The van der Waals surface area contributed by atoms with Gasteiger partial charge in [0, 0.05) is 12.2 Å². The number of carbonyl (C=O) groups is 1. The number of anilines is 1. The monoisotopic (exact) mass is 207 g/mol. The lowest BCUT2D eigenvalue weighted by Crippen LogP contribution is -2.38. The van der Waals surface area contributed by atoms with Crippen LogP contribution in [0, 0.1) is 6.92 Å². The van der Waals surface area contributed by atoms with Crippen molar-refractivity contribution in [2.75, 3.05) is 18.4 Å². The summed E-state index contributed by atoms with van der Waals surface area (Å²) in [6.45, 7) is 4.77. The summed E-state index contributed by atoms with van der Waals surface area (Å²) in [4.78, 5) is 11.4. The number of hydrazine groups is 1. The summed E-state index contributed by atoms with van der Waals surface area (Å²) in [5.41, 5.74) is 1.97. The van der Waals surface area contributed by atoms with Crippen molar-refractivity contribution in [2.24, 2.45) is 5.84 Å². The van der Waals surface area contributed by atoms with Gasteiger partial charge in [0.25, 0.3) is 0 Å². The molecule has 0 bridgehead atoms. The molecule has 82 valence electrons. The molecule has 0 aliphatic rings. The summed E-state index contributed by atoms with van der Waals surface area (Å²) in [6.07, 6.45) is 0. The number of nitrogens with two attached hydrogens (primary N) is 1. The fraction of sp³-hybridized carbons (Fsp3) is 0.364. The second kappa shape index (κ2) is 5.48. The number of hydrogen-bond donors (Lipinski definition) is 2. The predicted octanol–water partition coefficient (Wildman–Crippen LogP) is 1.13. The van der Waals surface area contributed by atoms with Gasteiger partial charge in [0.05, 0.1) is 6.54 Å². The van der Waals surface area contributed by atoms with E-state index >= 15 is 0 Å². The van der Waals surface area contributed by atoms with E-state index in [1.54, 1.807) is 0 Å². The number of hydrogen-bond acceptors (Lipinski definition) is 3. The minimum absolute atomic E-state index is 0.0943. The maximum atomic E-state index is 11.4. The van der Waals surface area contributed by atoms with Crippen molar-refractivity contribution in [2.45, 2.75) is 13.8 Å². The van der Waals surface area contributed by atoms with Crippen molar-refractivity contribution in [3.8, 4) is 0 Å². The average molecular weight is 207 g/mol. The van der Waals surface area contributed by atoms with Crippen LogP contribution >= 0.6 is 0 Å². The highest BCUT2D eigenvalue weighted by molar-refractivity contribution is 5.92. The van der Waals surface area contributed by atoms with Crippen LogP contribution in [-0.2, 0) is 4.79 Å². The number of carbonyl (C=O) groups excluding carboxylic acids is 1. The van der Waals surface area contributed by atoms with Gasteiger partial charge in [-0.05, 0) is 19.1 Å². The first-order valence-corrected chi connectivity index (χ1v) is 4.98. The molecular weight excluding hydrogens is 190 g/mol.